The molecule has 1 aliphatic rings. The van der Waals surface area contributed by atoms with Gasteiger partial charge in [-0.3, -0.25) is 9.48 Å². The van der Waals surface area contributed by atoms with Crippen LogP contribution >= 0.6 is 11.8 Å². The third-order valence-electron chi connectivity index (χ3n) is 3.67. The molecule has 1 amide bonds. The van der Waals surface area contributed by atoms with Crippen molar-refractivity contribution in [2.75, 3.05) is 11.4 Å². The van der Waals surface area contributed by atoms with E-state index in [0.717, 1.165) is 5.56 Å². The summed E-state index contributed by atoms with van der Waals surface area (Å²) in [5.74, 6) is -0.186. The van der Waals surface area contributed by atoms with E-state index in [1.54, 1.807) is 27.9 Å². The average Bonchev–Trinajstić information content (AvgIpc) is 2.95. The molecule has 4 nitrogen and oxygen atoms in total. The van der Waals surface area contributed by atoms with Crippen molar-refractivity contribution in [3.05, 3.63) is 41.7 Å². The molecule has 136 valence electrons. The molecule has 1 aliphatic heterocycles. The van der Waals surface area contributed by atoms with E-state index in [1.165, 1.54) is 12.1 Å². The number of aryl methyl sites for hydroxylation is 1. The quantitative estimate of drug-likeness (QED) is 0.693. The first-order chi connectivity index (χ1) is 11.8. The van der Waals surface area contributed by atoms with Crippen molar-refractivity contribution < 1.29 is 18.0 Å². The van der Waals surface area contributed by atoms with E-state index in [1.807, 2.05) is 27.7 Å². The summed E-state index contributed by atoms with van der Waals surface area (Å²) in [5, 5.41) is 4.21. The second-order valence-electron chi connectivity index (χ2n) is 5.43. The number of alkyl halides is 3. The predicted molar refractivity (Wildman–Crippen MR) is 93.1 cm³/mol. The van der Waals surface area contributed by atoms with Crippen molar-refractivity contribution >= 4 is 23.4 Å². The topological polar surface area (TPSA) is 38.1 Å². The van der Waals surface area contributed by atoms with E-state index in [4.69, 9.17) is 0 Å². The molecule has 0 aliphatic carbocycles. The van der Waals surface area contributed by atoms with E-state index in [-0.39, 0.29) is 28.6 Å². The lowest BCUT2D eigenvalue weighted by atomic mass is 10.1. The maximum absolute atomic E-state index is 12.6. The molecule has 0 fully saturated rings. The maximum Gasteiger partial charge on any atom is 0.446 e. The number of fused-ring (bicyclic) bond motifs is 1. The number of carbonyl (C=O) groups excluding carboxylic acids is 1. The number of rotatable bonds is 2. The summed E-state index contributed by atoms with van der Waals surface area (Å²) in [5.41, 5.74) is -2.42. The summed E-state index contributed by atoms with van der Waals surface area (Å²) in [6, 6.07) is 5.84. The van der Waals surface area contributed by atoms with Crippen LogP contribution in [0.2, 0.25) is 0 Å². The van der Waals surface area contributed by atoms with Crippen LogP contribution < -0.4 is 4.90 Å². The summed E-state index contributed by atoms with van der Waals surface area (Å²) in [7, 11) is 0. The van der Waals surface area contributed by atoms with Crippen LogP contribution in [0.4, 0.5) is 18.9 Å². The standard InChI is InChI=1S/C15H14F3N3OS.C2H6/c1-9-7-19-21-10(2)8-20(14(22)13(9)21)11-3-5-12(6-4-11)23-15(16,17)18;1-2/h3-7,10H,8H2,1-2H3;1-2H3. The highest BCUT2D eigenvalue weighted by Gasteiger charge is 2.33. The lowest BCUT2D eigenvalue weighted by Crippen LogP contribution is -2.42. The molecule has 25 heavy (non-hydrogen) atoms. The number of aromatic nitrogens is 2. The molecule has 0 bridgehead atoms. The van der Waals surface area contributed by atoms with Gasteiger partial charge in [0.1, 0.15) is 5.69 Å². The minimum absolute atomic E-state index is 0.000580. The van der Waals surface area contributed by atoms with E-state index in [0.29, 0.717) is 17.9 Å². The van der Waals surface area contributed by atoms with Crippen LogP contribution in [-0.2, 0) is 0 Å². The highest BCUT2D eigenvalue weighted by Crippen LogP contribution is 2.37. The van der Waals surface area contributed by atoms with Gasteiger partial charge in [0.15, 0.2) is 0 Å². The van der Waals surface area contributed by atoms with Crippen LogP contribution in [-0.4, -0.2) is 27.7 Å². The Morgan fingerprint density at radius 2 is 1.80 bits per heavy atom. The summed E-state index contributed by atoms with van der Waals surface area (Å²) >= 11 is -0.168. The first kappa shape index (κ1) is 19.4. The zero-order valence-corrected chi connectivity index (χ0v) is 15.3. The highest BCUT2D eigenvalue weighted by atomic mass is 32.2. The van der Waals surface area contributed by atoms with Gasteiger partial charge in [-0.15, -0.1) is 0 Å². The Balaban J connectivity index is 0.00000109. The Morgan fingerprint density at radius 3 is 2.36 bits per heavy atom. The summed E-state index contributed by atoms with van der Waals surface area (Å²) in [6.45, 7) is 8.19. The molecule has 0 N–H and O–H groups in total. The third kappa shape index (κ3) is 4.18. The zero-order chi connectivity index (χ0) is 18.8. The molecule has 0 saturated carbocycles. The second-order valence-corrected chi connectivity index (χ2v) is 6.57. The van der Waals surface area contributed by atoms with E-state index in [9.17, 15) is 18.0 Å². The van der Waals surface area contributed by atoms with Crippen molar-refractivity contribution in [1.29, 1.82) is 0 Å². The smallest absolute Gasteiger partial charge is 0.305 e. The Morgan fingerprint density at radius 1 is 1.20 bits per heavy atom. The van der Waals surface area contributed by atoms with Gasteiger partial charge in [-0.2, -0.15) is 18.3 Å². The molecule has 0 spiro atoms. The van der Waals surface area contributed by atoms with Crippen LogP contribution in [0.15, 0.2) is 35.4 Å². The lowest BCUT2D eigenvalue weighted by Gasteiger charge is -2.32. The summed E-state index contributed by atoms with van der Waals surface area (Å²) < 4.78 is 38.8. The van der Waals surface area contributed by atoms with Gasteiger partial charge in [0.2, 0.25) is 0 Å². The van der Waals surface area contributed by atoms with Crippen molar-refractivity contribution in [3.8, 4) is 0 Å². The minimum atomic E-state index is -4.32. The van der Waals surface area contributed by atoms with Crippen molar-refractivity contribution in [1.82, 2.24) is 9.78 Å². The van der Waals surface area contributed by atoms with E-state index < -0.39 is 5.51 Å². The number of nitrogens with zero attached hydrogens (tertiary/aromatic N) is 3. The molecular weight excluding hydrogens is 351 g/mol. The molecule has 0 radical (unpaired) electrons. The molecule has 3 rings (SSSR count). The van der Waals surface area contributed by atoms with Crippen molar-refractivity contribution in [3.63, 3.8) is 0 Å². The molecular formula is C17H20F3N3OS. The number of anilines is 1. The first-order valence-corrected chi connectivity index (χ1v) is 8.79. The molecule has 1 unspecified atom stereocenters. The summed E-state index contributed by atoms with van der Waals surface area (Å²) in [4.78, 5) is 14.3. The molecule has 2 aromatic rings. The van der Waals surface area contributed by atoms with Gasteiger partial charge in [0, 0.05) is 22.7 Å². The largest absolute Gasteiger partial charge is 0.446 e. The van der Waals surface area contributed by atoms with Gasteiger partial charge in [-0.25, -0.2) is 0 Å². The van der Waals surface area contributed by atoms with Gasteiger partial charge in [0.05, 0.1) is 12.2 Å². The fourth-order valence-corrected chi connectivity index (χ4v) is 3.19. The SMILES string of the molecule is CC.Cc1cnn2c1C(=O)N(c1ccc(SC(F)(F)F)cc1)CC2C. The predicted octanol–water partition coefficient (Wildman–Crippen LogP) is 5.05. The van der Waals surface area contributed by atoms with Crippen LogP contribution in [0, 0.1) is 6.92 Å². The first-order valence-electron chi connectivity index (χ1n) is 7.98. The Kier molecular flexibility index (Phi) is 5.82. The fraction of sp³-hybridized carbons (Fsp3) is 0.412. The van der Waals surface area contributed by atoms with Crippen LogP contribution in [0.25, 0.3) is 0 Å². The van der Waals surface area contributed by atoms with Crippen molar-refractivity contribution in [2.45, 2.75) is 44.1 Å². The Hall–Kier alpha value is -1.96. The number of halogens is 3. The van der Waals surface area contributed by atoms with Crippen LogP contribution in [0.1, 0.15) is 42.9 Å². The third-order valence-corrected chi connectivity index (χ3v) is 4.41. The molecule has 1 aromatic carbocycles. The number of amides is 1. The molecule has 0 saturated heterocycles. The number of thioether (sulfide) groups is 1. The summed E-state index contributed by atoms with van der Waals surface area (Å²) in [6.07, 6.45) is 1.65. The minimum Gasteiger partial charge on any atom is -0.305 e. The zero-order valence-electron chi connectivity index (χ0n) is 14.5. The number of benzene rings is 1. The molecule has 1 aromatic heterocycles. The molecule has 8 heteroatoms. The van der Waals surface area contributed by atoms with E-state index in [2.05, 4.69) is 5.10 Å². The van der Waals surface area contributed by atoms with Gasteiger partial charge in [0.25, 0.3) is 5.91 Å². The number of carbonyl (C=O) groups is 1. The second kappa shape index (κ2) is 7.51. The maximum atomic E-state index is 12.6. The Bertz CT molecular complexity index is 741. The average molecular weight is 371 g/mol. The normalized spacial score (nSPS) is 17.0. The molecule has 1 atom stereocenters. The Labute approximate surface area is 149 Å². The highest BCUT2D eigenvalue weighted by molar-refractivity contribution is 8.00. The van der Waals surface area contributed by atoms with Crippen LogP contribution in [0.5, 0.6) is 0 Å². The van der Waals surface area contributed by atoms with E-state index >= 15 is 0 Å². The lowest BCUT2D eigenvalue weighted by molar-refractivity contribution is -0.0328. The number of hydrogen-bond acceptors (Lipinski definition) is 3. The van der Waals surface area contributed by atoms with Crippen LogP contribution in [0.3, 0.4) is 0 Å². The number of hydrogen-bond donors (Lipinski definition) is 0. The van der Waals surface area contributed by atoms with Gasteiger partial charge in [-0.05, 0) is 49.9 Å². The van der Waals surface area contributed by atoms with Crippen molar-refractivity contribution in [2.24, 2.45) is 0 Å². The van der Waals surface area contributed by atoms with Gasteiger partial charge < -0.3 is 4.90 Å². The molecule has 2 heterocycles. The fourth-order valence-electron chi connectivity index (χ4n) is 2.65. The van der Waals surface area contributed by atoms with Gasteiger partial charge in [-0.1, -0.05) is 13.8 Å². The monoisotopic (exact) mass is 371 g/mol. The van der Waals surface area contributed by atoms with Gasteiger partial charge >= 0.3 is 5.51 Å².